The molecule has 0 aliphatic carbocycles. The van der Waals surface area contributed by atoms with Gasteiger partial charge in [0.25, 0.3) is 0 Å². The van der Waals surface area contributed by atoms with E-state index in [1.807, 2.05) is 30.3 Å². The van der Waals surface area contributed by atoms with Gasteiger partial charge in [0.05, 0.1) is 23.8 Å². The quantitative estimate of drug-likeness (QED) is 0.270. The Bertz CT molecular complexity index is 1130. The van der Waals surface area contributed by atoms with Crippen molar-refractivity contribution in [3.63, 3.8) is 0 Å². The van der Waals surface area contributed by atoms with E-state index in [1.165, 1.54) is 0 Å². The Morgan fingerprint density at radius 3 is 2.86 bits per heavy atom. The van der Waals surface area contributed by atoms with Crippen molar-refractivity contribution < 1.29 is 19.7 Å². The number of likely N-dealkylation sites (tertiary alicyclic amines) is 1. The van der Waals surface area contributed by atoms with Crippen LogP contribution in [0.4, 0.5) is 0 Å². The Morgan fingerprint density at radius 2 is 2.08 bits per heavy atom. The summed E-state index contributed by atoms with van der Waals surface area (Å²) in [4.78, 5) is 26.4. The fourth-order valence-corrected chi connectivity index (χ4v) is 5.95. The van der Waals surface area contributed by atoms with Crippen molar-refractivity contribution in [1.82, 2.24) is 19.9 Å². The number of thioether (sulfide) groups is 1. The largest absolute Gasteiger partial charge is 0.497 e. The molecule has 36 heavy (non-hydrogen) atoms. The number of aromatic nitrogens is 3. The van der Waals surface area contributed by atoms with Crippen LogP contribution < -0.4 is 4.74 Å². The van der Waals surface area contributed by atoms with Gasteiger partial charge in [-0.25, -0.2) is 9.97 Å². The lowest BCUT2D eigenvalue weighted by Gasteiger charge is -2.39. The summed E-state index contributed by atoms with van der Waals surface area (Å²) >= 11 is 1.72. The first-order chi connectivity index (χ1) is 17.5. The summed E-state index contributed by atoms with van der Waals surface area (Å²) in [6.07, 6.45) is 7.81. The third kappa shape index (κ3) is 7.15. The zero-order chi connectivity index (χ0) is 25.3. The van der Waals surface area contributed by atoms with Crippen molar-refractivity contribution in [3.8, 4) is 5.75 Å². The summed E-state index contributed by atoms with van der Waals surface area (Å²) in [6.45, 7) is 2.83. The van der Waals surface area contributed by atoms with Gasteiger partial charge in [-0.15, -0.1) is 11.8 Å². The number of carboxylic acid groups (broad SMARTS) is 1. The van der Waals surface area contributed by atoms with E-state index in [0.29, 0.717) is 24.7 Å². The number of aliphatic hydroxyl groups is 1. The van der Waals surface area contributed by atoms with Gasteiger partial charge in [0, 0.05) is 43.0 Å². The average molecular weight is 511 g/mol. The maximum Gasteiger partial charge on any atom is 0.303 e. The maximum absolute atomic E-state index is 11.3. The number of hydrogen-bond acceptors (Lipinski definition) is 8. The lowest BCUT2D eigenvalue weighted by molar-refractivity contribution is -0.137. The third-order valence-electron chi connectivity index (χ3n) is 7.07. The second-order valence-corrected chi connectivity index (χ2v) is 10.4. The number of aliphatic hydroxyl groups excluding tert-OH is 1. The van der Waals surface area contributed by atoms with E-state index in [-0.39, 0.29) is 6.42 Å². The normalized spacial score (nSPS) is 19.3. The summed E-state index contributed by atoms with van der Waals surface area (Å²) in [7, 11) is 1.63. The molecule has 1 aliphatic heterocycles. The van der Waals surface area contributed by atoms with E-state index >= 15 is 0 Å². The smallest absolute Gasteiger partial charge is 0.303 e. The van der Waals surface area contributed by atoms with Crippen LogP contribution in [0, 0.1) is 11.8 Å². The molecule has 1 aliphatic rings. The van der Waals surface area contributed by atoms with Gasteiger partial charge in [-0.2, -0.15) is 0 Å². The molecule has 1 fully saturated rings. The van der Waals surface area contributed by atoms with Crippen molar-refractivity contribution in [2.24, 2.45) is 11.8 Å². The highest BCUT2D eigenvalue weighted by molar-refractivity contribution is 7.99. The van der Waals surface area contributed by atoms with Gasteiger partial charge >= 0.3 is 5.97 Å². The molecule has 0 saturated carbocycles. The van der Waals surface area contributed by atoms with E-state index in [1.54, 1.807) is 37.6 Å². The molecule has 2 unspecified atom stereocenters. The van der Waals surface area contributed by atoms with E-state index < -0.39 is 12.1 Å². The van der Waals surface area contributed by atoms with Crippen LogP contribution in [-0.4, -0.2) is 68.5 Å². The highest BCUT2D eigenvalue weighted by Gasteiger charge is 2.30. The van der Waals surface area contributed by atoms with Gasteiger partial charge in [-0.05, 0) is 80.0 Å². The second kappa shape index (κ2) is 13.0. The molecule has 0 amide bonds. The van der Waals surface area contributed by atoms with Gasteiger partial charge in [0.15, 0.2) is 0 Å². The summed E-state index contributed by atoms with van der Waals surface area (Å²) in [5, 5.41) is 22.3. The molecule has 1 saturated heterocycles. The number of aliphatic carboxylic acids is 1. The number of nitrogens with zero attached hydrogens (tertiary/aromatic N) is 4. The topological polar surface area (TPSA) is 109 Å². The summed E-state index contributed by atoms with van der Waals surface area (Å²) < 4.78 is 5.37. The van der Waals surface area contributed by atoms with Crippen molar-refractivity contribution in [2.75, 3.05) is 32.5 Å². The molecule has 3 atom stereocenters. The monoisotopic (exact) mass is 510 g/mol. The minimum absolute atomic E-state index is 0.183. The number of pyridine rings is 1. The first kappa shape index (κ1) is 26.3. The fourth-order valence-electron chi connectivity index (χ4n) is 5.11. The predicted octanol–water partition coefficient (Wildman–Crippen LogP) is 4.44. The number of ether oxygens (including phenoxy) is 1. The second-order valence-electron chi connectivity index (χ2n) is 9.31. The van der Waals surface area contributed by atoms with Crippen LogP contribution in [0.1, 0.15) is 43.8 Å². The number of fused-ring (bicyclic) bond motifs is 1. The van der Waals surface area contributed by atoms with Crippen molar-refractivity contribution >= 4 is 28.6 Å². The molecule has 192 valence electrons. The first-order valence-electron chi connectivity index (χ1n) is 12.5. The van der Waals surface area contributed by atoms with Crippen LogP contribution >= 0.6 is 11.8 Å². The van der Waals surface area contributed by atoms with Gasteiger partial charge in [0.1, 0.15) is 12.1 Å². The molecule has 1 aromatic carbocycles. The zero-order valence-corrected chi connectivity index (χ0v) is 21.4. The molecule has 9 heteroatoms. The number of carboxylic acids is 1. The van der Waals surface area contributed by atoms with E-state index in [0.717, 1.165) is 65.5 Å². The van der Waals surface area contributed by atoms with Gasteiger partial charge < -0.3 is 19.8 Å². The highest BCUT2D eigenvalue weighted by Crippen LogP contribution is 2.35. The van der Waals surface area contributed by atoms with Gasteiger partial charge in [-0.1, -0.05) is 0 Å². The Morgan fingerprint density at radius 1 is 1.19 bits per heavy atom. The fraction of sp³-hybridized carbons (Fsp3) is 0.481. The Labute approximate surface area is 216 Å². The van der Waals surface area contributed by atoms with Crippen LogP contribution in [0.2, 0.25) is 0 Å². The number of piperidine rings is 1. The molecule has 0 spiro atoms. The maximum atomic E-state index is 11.3. The standard InChI is InChI=1S/C27H34N4O4S/c1-35-21-4-5-24-23(16-21)22(8-12-29-24)25(32)6-2-19-10-13-31(17-20(19)3-7-27(33)34)14-15-36-26-9-11-28-18-30-26/h4-5,8-9,11-12,16,18-20,25,32H,2-3,6-7,10,13-15,17H2,1H3,(H,33,34)/t19?,20?,25-/m0/s1. The molecular weight excluding hydrogens is 476 g/mol. The van der Waals surface area contributed by atoms with Gasteiger partial charge in [-0.3, -0.25) is 9.78 Å². The van der Waals surface area contributed by atoms with E-state index in [2.05, 4.69) is 19.9 Å². The number of carbonyl (C=O) groups is 1. The molecule has 2 N–H and O–H groups in total. The minimum atomic E-state index is -0.748. The number of methoxy groups -OCH3 is 1. The number of hydrogen-bond donors (Lipinski definition) is 2. The van der Waals surface area contributed by atoms with Crippen LogP contribution in [0.25, 0.3) is 10.9 Å². The molecule has 0 radical (unpaired) electrons. The minimum Gasteiger partial charge on any atom is -0.497 e. The third-order valence-corrected chi connectivity index (χ3v) is 7.99. The summed E-state index contributed by atoms with van der Waals surface area (Å²) in [5.74, 6) is 1.63. The van der Waals surface area contributed by atoms with Crippen molar-refractivity contribution in [1.29, 1.82) is 0 Å². The van der Waals surface area contributed by atoms with Gasteiger partial charge in [0.2, 0.25) is 0 Å². The van der Waals surface area contributed by atoms with Crippen molar-refractivity contribution in [2.45, 2.75) is 43.2 Å². The van der Waals surface area contributed by atoms with Crippen LogP contribution in [0.15, 0.2) is 54.1 Å². The molecular formula is C27H34N4O4S. The Kier molecular flexibility index (Phi) is 9.49. The predicted molar refractivity (Wildman–Crippen MR) is 140 cm³/mol. The molecule has 0 bridgehead atoms. The van der Waals surface area contributed by atoms with Crippen molar-refractivity contribution in [3.05, 3.63) is 54.6 Å². The molecule has 3 heterocycles. The van der Waals surface area contributed by atoms with E-state index in [4.69, 9.17) is 4.74 Å². The lowest BCUT2D eigenvalue weighted by Crippen LogP contribution is -2.41. The lowest BCUT2D eigenvalue weighted by atomic mass is 9.79. The summed E-state index contributed by atoms with van der Waals surface area (Å²) in [5.41, 5.74) is 1.69. The number of benzene rings is 1. The molecule has 4 rings (SSSR count). The number of rotatable bonds is 12. The zero-order valence-electron chi connectivity index (χ0n) is 20.6. The Hall–Kier alpha value is -2.75. The Balaban J connectivity index is 1.35. The first-order valence-corrected chi connectivity index (χ1v) is 13.5. The van der Waals surface area contributed by atoms with Crippen LogP contribution in [-0.2, 0) is 4.79 Å². The van der Waals surface area contributed by atoms with Crippen LogP contribution in [0.5, 0.6) is 5.75 Å². The van der Waals surface area contributed by atoms with E-state index in [9.17, 15) is 15.0 Å². The molecule has 8 nitrogen and oxygen atoms in total. The average Bonchev–Trinajstić information content (AvgIpc) is 2.91. The van der Waals surface area contributed by atoms with Crippen LogP contribution in [0.3, 0.4) is 0 Å². The molecule has 2 aromatic heterocycles. The SMILES string of the molecule is COc1ccc2nccc([C@@H](O)CCC3CCN(CCSc4ccncn4)CC3CCC(=O)O)c2c1. The molecule has 3 aromatic rings. The highest BCUT2D eigenvalue weighted by atomic mass is 32.2. The summed E-state index contributed by atoms with van der Waals surface area (Å²) in [6, 6.07) is 9.50.